The number of anilines is 1. The molecule has 1 saturated heterocycles. The predicted octanol–water partition coefficient (Wildman–Crippen LogP) is 1.35. The molecule has 1 aromatic carbocycles. The third-order valence-electron chi connectivity index (χ3n) is 3.17. The van der Waals surface area contributed by atoms with Crippen LogP contribution in [0.3, 0.4) is 0 Å². The van der Waals surface area contributed by atoms with Gasteiger partial charge in [0, 0.05) is 32.4 Å². The summed E-state index contributed by atoms with van der Waals surface area (Å²) in [4.78, 5) is 6.65. The van der Waals surface area contributed by atoms with E-state index in [9.17, 15) is 5.11 Å². The van der Waals surface area contributed by atoms with Gasteiger partial charge in [0.1, 0.15) is 11.6 Å². The third-order valence-corrected chi connectivity index (χ3v) is 3.17. The van der Waals surface area contributed by atoms with Gasteiger partial charge in [-0.3, -0.25) is 0 Å². The first kappa shape index (κ1) is 10.4. The fourth-order valence-corrected chi connectivity index (χ4v) is 2.31. The van der Waals surface area contributed by atoms with Crippen molar-refractivity contribution in [3.63, 3.8) is 0 Å². The number of benzene rings is 1. The smallest absolute Gasteiger partial charge is 0.140 e. The van der Waals surface area contributed by atoms with Gasteiger partial charge < -0.3 is 15.3 Å². The predicted molar refractivity (Wildman–Crippen MR) is 68.5 cm³/mol. The molecule has 1 aliphatic rings. The van der Waals surface area contributed by atoms with Gasteiger partial charge in [-0.25, -0.2) is 4.98 Å². The highest BCUT2D eigenvalue weighted by atomic mass is 16.3. The molecule has 2 aromatic rings. The van der Waals surface area contributed by atoms with E-state index in [1.165, 1.54) is 0 Å². The van der Waals surface area contributed by atoms with Gasteiger partial charge in [-0.2, -0.15) is 0 Å². The summed E-state index contributed by atoms with van der Waals surface area (Å²) in [6.07, 6.45) is 1.80. The summed E-state index contributed by atoms with van der Waals surface area (Å²) in [5.74, 6) is 1.20. The molecule has 4 heteroatoms. The SMILES string of the molecule is Oc1cccc2ccnc(N3CCNCC3)c12. The van der Waals surface area contributed by atoms with Gasteiger partial charge in [0.2, 0.25) is 0 Å². The molecule has 2 N–H and O–H groups in total. The molecule has 2 heterocycles. The Kier molecular flexibility index (Phi) is 2.57. The largest absolute Gasteiger partial charge is 0.507 e. The topological polar surface area (TPSA) is 48.4 Å². The lowest BCUT2D eigenvalue weighted by Crippen LogP contribution is -2.43. The molecule has 0 unspecified atom stereocenters. The highest BCUT2D eigenvalue weighted by Crippen LogP contribution is 2.31. The maximum absolute atomic E-state index is 10.0. The van der Waals surface area contributed by atoms with E-state index >= 15 is 0 Å². The minimum atomic E-state index is 0.309. The maximum Gasteiger partial charge on any atom is 0.140 e. The van der Waals surface area contributed by atoms with Crippen LogP contribution in [0.25, 0.3) is 10.8 Å². The summed E-state index contributed by atoms with van der Waals surface area (Å²) in [6.45, 7) is 3.79. The van der Waals surface area contributed by atoms with Crippen molar-refractivity contribution in [2.75, 3.05) is 31.1 Å². The molecular formula is C13H15N3O. The summed E-state index contributed by atoms with van der Waals surface area (Å²) in [5.41, 5.74) is 0. The van der Waals surface area contributed by atoms with Crippen molar-refractivity contribution < 1.29 is 5.11 Å². The number of fused-ring (bicyclic) bond motifs is 1. The Morgan fingerprint density at radius 2 is 2.00 bits per heavy atom. The second kappa shape index (κ2) is 4.22. The molecule has 0 radical (unpaired) electrons. The number of nitrogens with zero attached hydrogens (tertiary/aromatic N) is 2. The second-order valence-corrected chi connectivity index (χ2v) is 4.25. The van der Waals surface area contributed by atoms with Crippen LogP contribution >= 0.6 is 0 Å². The van der Waals surface area contributed by atoms with Crippen molar-refractivity contribution in [3.05, 3.63) is 30.5 Å². The number of piperazine rings is 1. The van der Waals surface area contributed by atoms with Crippen LogP contribution in [0, 0.1) is 0 Å². The number of aromatic hydroxyl groups is 1. The molecule has 0 atom stereocenters. The Morgan fingerprint density at radius 3 is 2.82 bits per heavy atom. The minimum Gasteiger partial charge on any atom is -0.507 e. The lowest BCUT2D eigenvalue weighted by molar-refractivity contribution is 0.481. The van der Waals surface area contributed by atoms with Crippen LogP contribution in [0.15, 0.2) is 30.5 Å². The normalized spacial score (nSPS) is 16.4. The van der Waals surface area contributed by atoms with E-state index in [2.05, 4.69) is 15.2 Å². The highest BCUT2D eigenvalue weighted by molar-refractivity contribution is 5.97. The second-order valence-electron chi connectivity index (χ2n) is 4.25. The molecule has 0 bridgehead atoms. The number of aromatic nitrogens is 1. The average molecular weight is 229 g/mol. The first-order chi connectivity index (χ1) is 8.36. The summed E-state index contributed by atoms with van der Waals surface area (Å²) in [7, 11) is 0. The van der Waals surface area contributed by atoms with Gasteiger partial charge in [-0.1, -0.05) is 12.1 Å². The standard InChI is InChI=1S/C13H15N3O/c17-11-3-1-2-10-4-5-15-13(12(10)11)16-8-6-14-7-9-16/h1-5,14,17H,6-9H2. The monoisotopic (exact) mass is 229 g/mol. The first-order valence-electron chi connectivity index (χ1n) is 5.88. The number of nitrogens with one attached hydrogen (secondary N) is 1. The van der Waals surface area contributed by atoms with Crippen LogP contribution in [0.2, 0.25) is 0 Å². The lowest BCUT2D eigenvalue weighted by Gasteiger charge is -2.29. The van der Waals surface area contributed by atoms with Gasteiger partial charge in [-0.05, 0) is 17.5 Å². The number of phenolic OH excluding ortho intramolecular Hbond substituents is 1. The van der Waals surface area contributed by atoms with Gasteiger partial charge in [0.15, 0.2) is 0 Å². The zero-order chi connectivity index (χ0) is 11.7. The van der Waals surface area contributed by atoms with Gasteiger partial charge >= 0.3 is 0 Å². The Hall–Kier alpha value is -1.81. The summed E-state index contributed by atoms with van der Waals surface area (Å²) < 4.78 is 0. The first-order valence-corrected chi connectivity index (χ1v) is 5.88. The van der Waals surface area contributed by atoms with E-state index in [4.69, 9.17) is 0 Å². The van der Waals surface area contributed by atoms with Crippen LogP contribution in [-0.2, 0) is 0 Å². The van der Waals surface area contributed by atoms with E-state index in [1.807, 2.05) is 18.2 Å². The zero-order valence-corrected chi connectivity index (χ0v) is 9.56. The Balaban J connectivity index is 2.14. The number of pyridine rings is 1. The molecule has 1 aliphatic heterocycles. The molecule has 1 fully saturated rings. The van der Waals surface area contributed by atoms with Gasteiger partial charge in [0.25, 0.3) is 0 Å². The molecule has 17 heavy (non-hydrogen) atoms. The van der Waals surface area contributed by atoms with Gasteiger partial charge in [0.05, 0.1) is 5.39 Å². The Bertz CT molecular complexity index is 530. The van der Waals surface area contributed by atoms with Crippen molar-refractivity contribution in [1.29, 1.82) is 0 Å². The number of hydrogen-bond donors (Lipinski definition) is 2. The average Bonchev–Trinajstić information content (AvgIpc) is 2.39. The lowest BCUT2D eigenvalue weighted by atomic mass is 10.1. The Labute approximate surface area is 99.9 Å². The van der Waals surface area contributed by atoms with E-state index in [-0.39, 0.29) is 0 Å². The van der Waals surface area contributed by atoms with Crippen LogP contribution in [-0.4, -0.2) is 36.3 Å². The minimum absolute atomic E-state index is 0.309. The fraction of sp³-hybridized carbons (Fsp3) is 0.308. The summed E-state index contributed by atoms with van der Waals surface area (Å²) in [5, 5.41) is 15.2. The van der Waals surface area contributed by atoms with Crippen molar-refractivity contribution in [1.82, 2.24) is 10.3 Å². The highest BCUT2D eigenvalue weighted by Gasteiger charge is 2.16. The fourth-order valence-electron chi connectivity index (χ4n) is 2.31. The third kappa shape index (κ3) is 1.80. The van der Waals surface area contributed by atoms with Crippen molar-refractivity contribution in [3.8, 4) is 5.75 Å². The number of rotatable bonds is 1. The molecule has 1 aromatic heterocycles. The van der Waals surface area contributed by atoms with Crippen LogP contribution in [0.4, 0.5) is 5.82 Å². The van der Waals surface area contributed by atoms with E-state index < -0.39 is 0 Å². The maximum atomic E-state index is 10.0. The Morgan fingerprint density at radius 1 is 1.18 bits per heavy atom. The van der Waals surface area contributed by atoms with Crippen molar-refractivity contribution in [2.24, 2.45) is 0 Å². The molecular weight excluding hydrogens is 214 g/mol. The van der Waals surface area contributed by atoms with Crippen molar-refractivity contribution in [2.45, 2.75) is 0 Å². The van der Waals surface area contributed by atoms with E-state index in [1.54, 1.807) is 12.3 Å². The molecule has 4 nitrogen and oxygen atoms in total. The zero-order valence-electron chi connectivity index (χ0n) is 9.56. The molecule has 3 rings (SSSR count). The number of hydrogen-bond acceptors (Lipinski definition) is 4. The van der Waals surface area contributed by atoms with Crippen LogP contribution < -0.4 is 10.2 Å². The summed E-state index contributed by atoms with van der Waals surface area (Å²) in [6, 6.07) is 7.51. The molecule has 0 saturated carbocycles. The quantitative estimate of drug-likeness (QED) is 0.775. The van der Waals surface area contributed by atoms with Crippen molar-refractivity contribution >= 4 is 16.6 Å². The molecule has 0 amide bonds. The van der Waals surface area contributed by atoms with E-state index in [0.717, 1.165) is 42.8 Å². The molecule has 88 valence electrons. The van der Waals surface area contributed by atoms with Crippen LogP contribution in [0.5, 0.6) is 5.75 Å². The molecule has 0 aliphatic carbocycles. The van der Waals surface area contributed by atoms with E-state index in [0.29, 0.717) is 5.75 Å². The van der Waals surface area contributed by atoms with Gasteiger partial charge in [-0.15, -0.1) is 0 Å². The van der Waals surface area contributed by atoms with Crippen LogP contribution in [0.1, 0.15) is 0 Å². The summed E-state index contributed by atoms with van der Waals surface area (Å²) >= 11 is 0. The molecule has 0 spiro atoms. The number of phenols is 1.